The van der Waals surface area contributed by atoms with E-state index in [2.05, 4.69) is 15.5 Å². The van der Waals surface area contributed by atoms with E-state index in [9.17, 15) is 9.59 Å². The largest absolute Gasteiger partial charge is 0.481 e. The third-order valence-electron chi connectivity index (χ3n) is 6.63. The third-order valence-corrected chi connectivity index (χ3v) is 7.53. The number of carboxylic acid groups (broad SMARTS) is 1. The van der Waals surface area contributed by atoms with Gasteiger partial charge in [-0.05, 0) is 67.6 Å². The molecule has 1 amide bonds. The van der Waals surface area contributed by atoms with Gasteiger partial charge in [-0.2, -0.15) is 0 Å². The van der Waals surface area contributed by atoms with E-state index in [4.69, 9.17) is 5.11 Å². The zero-order valence-corrected chi connectivity index (χ0v) is 18.0. The number of amides is 1. The van der Waals surface area contributed by atoms with Crippen LogP contribution in [0.1, 0.15) is 84.6 Å². The van der Waals surface area contributed by atoms with E-state index in [1.165, 1.54) is 42.6 Å². The molecule has 1 aromatic carbocycles. The van der Waals surface area contributed by atoms with Gasteiger partial charge in [0.1, 0.15) is 5.01 Å². The Morgan fingerprint density at radius 2 is 1.73 bits per heavy atom. The van der Waals surface area contributed by atoms with Crippen LogP contribution >= 0.6 is 11.3 Å². The number of aliphatic carboxylic acids is 1. The average Bonchev–Trinajstić information content (AvgIpc) is 3.14. The molecule has 1 aromatic heterocycles. The number of hydrogen-bond acceptors (Lipinski definition) is 5. The van der Waals surface area contributed by atoms with Gasteiger partial charge in [0.25, 0.3) is 5.91 Å². The van der Waals surface area contributed by atoms with E-state index >= 15 is 0 Å². The van der Waals surface area contributed by atoms with Crippen molar-refractivity contribution in [2.24, 2.45) is 11.8 Å². The van der Waals surface area contributed by atoms with Gasteiger partial charge in [0.15, 0.2) is 0 Å². The molecule has 0 saturated heterocycles. The third kappa shape index (κ3) is 5.45. The van der Waals surface area contributed by atoms with Gasteiger partial charge in [-0.15, -0.1) is 10.2 Å². The molecule has 160 valence electrons. The topological polar surface area (TPSA) is 92.2 Å². The van der Waals surface area contributed by atoms with E-state index in [-0.39, 0.29) is 12.3 Å². The molecule has 0 unspecified atom stereocenters. The van der Waals surface area contributed by atoms with Crippen LogP contribution in [-0.2, 0) is 11.2 Å². The molecular weight excluding hydrogens is 398 g/mol. The fourth-order valence-corrected chi connectivity index (χ4v) is 5.29. The van der Waals surface area contributed by atoms with Gasteiger partial charge in [-0.1, -0.05) is 42.7 Å². The molecule has 0 spiro atoms. The van der Waals surface area contributed by atoms with Gasteiger partial charge in [0, 0.05) is 18.4 Å². The maximum Gasteiger partial charge on any atom is 0.303 e. The molecule has 2 fully saturated rings. The highest BCUT2D eigenvalue weighted by molar-refractivity contribution is 7.15. The molecule has 2 aliphatic carbocycles. The second-order valence-electron chi connectivity index (χ2n) is 8.73. The Hall–Kier alpha value is -2.28. The fourth-order valence-electron chi connectivity index (χ4n) is 4.54. The molecular formula is C23H29N3O3S. The fraction of sp³-hybridized carbons (Fsp3) is 0.565. The Morgan fingerprint density at radius 3 is 2.37 bits per heavy atom. The number of rotatable bonds is 8. The summed E-state index contributed by atoms with van der Waals surface area (Å²) in [6, 6.07) is 7.79. The van der Waals surface area contributed by atoms with Crippen LogP contribution in [0.5, 0.6) is 0 Å². The van der Waals surface area contributed by atoms with Crippen molar-refractivity contribution in [2.45, 2.75) is 70.1 Å². The lowest BCUT2D eigenvalue weighted by atomic mass is 9.77. The molecule has 7 heteroatoms. The molecule has 30 heavy (non-hydrogen) atoms. The second-order valence-corrected chi connectivity index (χ2v) is 9.79. The van der Waals surface area contributed by atoms with Crippen molar-refractivity contribution in [3.63, 3.8) is 0 Å². The van der Waals surface area contributed by atoms with Crippen LogP contribution in [0.3, 0.4) is 0 Å². The van der Waals surface area contributed by atoms with Crippen LogP contribution in [-0.4, -0.2) is 27.2 Å². The highest BCUT2D eigenvalue weighted by Gasteiger charge is 2.24. The molecule has 2 saturated carbocycles. The summed E-state index contributed by atoms with van der Waals surface area (Å²) >= 11 is 1.47. The minimum atomic E-state index is -0.699. The number of hydrogen-bond donors (Lipinski definition) is 2. The maximum atomic E-state index is 12.6. The molecule has 6 nitrogen and oxygen atoms in total. The Morgan fingerprint density at radius 1 is 1.00 bits per heavy atom. The van der Waals surface area contributed by atoms with E-state index in [0.717, 1.165) is 43.0 Å². The number of benzene rings is 1. The summed E-state index contributed by atoms with van der Waals surface area (Å²) in [5.41, 5.74) is 1.85. The first kappa shape index (κ1) is 21.0. The van der Waals surface area contributed by atoms with Crippen LogP contribution < -0.4 is 5.32 Å². The lowest BCUT2D eigenvalue weighted by Gasteiger charge is -2.28. The van der Waals surface area contributed by atoms with Crippen molar-refractivity contribution >= 4 is 28.3 Å². The van der Waals surface area contributed by atoms with E-state index < -0.39 is 5.97 Å². The Kier molecular flexibility index (Phi) is 6.77. The Labute approximate surface area is 181 Å². The highest BCUT2D eigenvalue weighted by Crippen LogP contribution is 2.37. The number of aryl methyl sites for hydroxylation is 1. The second kappa shape index (κ2) is 9.69. The van der Waals surface area contributed by atoms with Crippen LogP contribution in [0.15, 0.2) is 24.3 Å². The molecule has 2 aliphatic rings. The predicted octanol–water partition coefficient (Wildman–Crippen LogP) is 5.27. The lowest BCUT2D eigenvalue weighted by Crippen LogP contribution is -2.16. The van der Waals surface area contributed by atoms with Gasteiger partial charge >= 0.3 is 5.97 Å². The molecule has 1 heterocycles. The normalized spacial score (nSPS) is 21.7. The molecule has 0 aliphatic heterocycles. The molecule has 4 rings (SSSR count). The molecule has 2 N–H and O–H groups in total. The van der Waals surface area contributed by atoms with Gasteiger partial charge in [0.05, 0.1) is 0 Å². The number of aromatic nitrogens is 2. The lowest BCUT2D eigenvalue weighted by molar-refractivity contribution is -0.138. The van der Waals surface area contributed by atoms with Gasteiger partial charge < -0.3 is 5.11 Å². The monoisotopic (exact) mass is 427 g/mol. The minimum Gasteiger partial charge on any atom is -0.481 e. The van der Waals surface area contributed by atoms with Crippen molar-refractivity contribution in [3.05, 3.63) is 40.4 Å². The average molecular weight is 428 g/mol. The molecule has 2 aromatic rings. The molecule has 0 bridgehead atoms. The number of nitrogens with zero attached hydrogens (tertiary/aromatic N) is 2. The first-order chi connectivity index (χ1) is 14.6. The summed E-state index contributed by atoms with van der Waals surface area (Å²) < 4.78 is 0. The predicted molar refractivity (Wildman–Crippen MR) is 117 cm³/mol. The van der Waals surface area contributed by atoms with E-state index in [1.807, 2.05) is 24.3 Å². The van der Waals surface area contributed by atoms with Gasteiger partial charge in [-0.3, -0.25) is 14.9 Å². The van der Waals surface area contributed by atoms with Crippen molar-refractivity contribution in [1.29, 1.82) is 0 Å². The van der Waals surface area contributed by atoms with Crippen LogP contribution in [0, 0.1) is 11.8 Å². The van der Waals surface area contributed by atoms with Crippen molar-refractivity contribution in [1.82, 2.24) is 10.2 Å². The summed E-state index contributed by atoms with van der Waals surface area (Å²) in [5.74, 6) is 0.740. The van der Waals surface area contributed by atoms with E-state index in [1.54, 1.807) is 0 Å². The van der Waals surface area contributed by atoms with Crippen LogP contribution in [0.2, 0.25) is 0 Å². The standard InChI is InChI=1S/C23H29N3O3S/c27-21(28)14-16-4-7-17(8-5-16)18-9-11-19(12-10-18)22(29)24-23-26-25-20(30-23)13-6-15-2-1-3-15/h9-12,15-17H,1-8,13-14H2,(H,27,28)(H,24,26,29). The Balaban J connectivity index is 1.27. The summed E-state index contributed by atoms with van der Waals surface area (Å²) in [6.45, 7) is 0. The maximum absolute atomic E-state index is 12.6. The number of anilines is 1. The number of nitrogens with one attached hydrogen (secondary N) is 1. The zero-order chi connectivity index (χ0) is 20.9. The summed E-state index contributed by atoms with van der Waals surface area (Å²) in [7, 11) is 0. The van der Waals surface area contributed by atoms with Crippen LogP contribution in [0.25, 0.3) is 0 Å². The molecule has 0 radical (unpaired) electrons. The SMILES string of the molecule is O=C(O)CC1CCC(c2ccc(C(=O)Nc3nnc(CCC4CCC4)s3)cc2)CC1. The quantitative estimate of drug-likeness (QED) is 0.598. The number of carboxylic acids is 1. The summed E-state index contributed by atoms with van der Waals surface area (Å²) in [4.78, 5) is 23.4. The van der Waals surface area contributed by atoms with Crippen molar-refractivity contribution < 1.29 is 14.7 Å². The van der Waals surface area contributed by atoms with E-state index in [0.29, 0.717) is 22.5 Å². The first-order valence-electron chi connectivity index (χ1n) is 11.0. The van der Waals surface area contributed by atoms with Crippen molar-refractivity contribution in [3.8, 4) is 0 Å². The first-order valence-corrected chi connectivity index (χ1v) is 11.8. The van der Waals surface area contributed by atoms with Gasteiger partial charge in [-0.25, -0.2) is 0 Å². The van der Waals surface area contributed by atoms with Crippen molar-refractivity contribution in [2.75, 3.05) is 5.32 Å². The Bertz CT molecular complexity index is 868. The molecule has 0 atom stereocenters. The minimum absolute atomic E-state index is 0.159. The summed E-state index contributed by atoms with van der Waals surface area (Å²) in [6.07, 6.45) is 10.4. The smallest absolute Gasteiger partial charge is 0.303 e. The number of carbonyl (C=O) groups is 2. The summed E-state index contributed by atoms with van der Waals surface area (Å²) in [5, 5.41) is 21.7. The highest BCUT2D eigenvalue weighted by atomic mass is 32.1. The number of carbonyl (C=O) groups excluding carboxylic acids is 1. The zero-order valence-electron chi connectivity index (χ0n) is 17.2. The van der Waals surface area contributed by atoms with Gasteiger partial charge in [0.2, 0.25) is 5.13 Å². The van der Waals surface area contributed by atoms with Crippen LogP contribution in [0.4, 0.5) is 5.13 Å².